The largest absolute Gasteiger partial charge is 0.506 e. The van der Waals surface area contributed by atoms with Gasteiger partial charge in [0.25, 0.3) is 0 Å². The minimum absolute atomic E-state index is 0.0914. The molecule has 0 spiro atoms. The fraction of sp³-hybridized carbons (Fsp3) is 0. The van der Waals surface area contributed by atoms with Gasteiger partial charge in [0, 0.05) is 28.6 Å². The second kappa shape index (κ2) is 6.90. The predicted octanol–water partition coefficient (Wildman–Crippen LogP) is 5.76. The van der Waals surface area contributed by atoms with Crippen molar-refractivity contribution in [2.75, 3.05) is 0 Å². The van der Waals surface area contributed by atoms with Crippen LogP contribution in [-0.2, 0) is 0 Å². The number of nitrogens with zero attached hydrogens (tertiary/aromatic N) is 3. The van der Waals surface area contributed by atoms with Crippen LogP contribution in [0.1, 0.15) is 5.56 Å². The van der Waals surface area contributed by atoms with E-state index in [1.54, 1.807) is 30.6 Å². The van der Waals surface area contributed by atoms with Crippen LogP contribution in [0, 0.1) is 0 Å². The Hall–Kier alpha value is -2.70. The zero-order valence-corrected chi connectivity index (χ0v) is 15.6. The van der Waals surface area contributed by atoms with E-state index in [9.17, 15) is 5.11 Å². The quantitative estimate of drug-likeness (QED) is 0.421. The highest BCUT2D eigenvalue weighted by Crippen LogP contribution is 2.31. The molecule has 0 amide bonds. The van der Waals surface area contributed by atoms with Crippen molar-refractivity contribution in [3.63, 3.8) is 0 Å². The summed E-state index contributed by atoms with van der Waals surface area (Å²) in [7, 11) is 0. The molecule has 4 rings (SSSR count). The number of rotatable bonds is 3. The highest BCUT2D eigenvalue weighted by atomic mass is 79.9. The Kier molecular flexibility index (Phi) is 4.44. The highest BCUT2D eigenvalue weighted by Gasteiger charge is 2.09. The number of phenolic OH excluding ortho intramolecular Hbond substituents is 1. The van der Waals surface area contributed by atoms with Gasteiger partial charge in [0.15, 0.2) is 11.2 Å². The molecular formula is C19H11BrClN3O2. The number of aliphatic imine (C=N–C) groups is 1. The number of pyridine rings is 1. The molecule has 0 aliphatic carbocycles. The van der Waals surface area contributed by atoms with Gasteiger partial charge in [0.1, 0.15) is 5.75 Å². The minimum Gasteiger partial charge on any atom is -0.506 e. The molecule has 0 aliphatic heterocycles. The van der Waals surface area contributed by atoms with Gasteiger partial charge in [-0.3, -0.25) is 4.99 Å². The molecule has 0 saturated carbocycles. The molecule has 5 nitrogen and oxygen atoms in total. The third-order valence-electron chi connectivity index (χ3n) is 3.69. The van der Waals surface area contributed by atoms with Crippen molar-refractivity contribution in [3.8, 4) is 17.2 Å². The van der Waals surface area contributed by atoms with E-state index in [2.05, 4.69) is 30.9 Å². The summed E-state index contributed by atoms with van der Waals surface area (Å²) in [6.07, 6.45) is 3.24. The molecule has 7 heteroatoms. The van der Waals surface area contributed by atoms with E-state index in [0.717, 1.165) is 11.3 Å². The fourth-order valence-electron chi connectivity index (χ4n) is 2.41. The number of aromatic nitrogens is 2. The Morgan fingerprint density at radius 3 is 2.73 bits per heavy atom. The minimum atomic E-state index is 0.0914. The number of hydrogen-bond acceptors (Lipinski definition) is 5. The van der Waals surface area contributed by atoms with Gasteiger partial charge in [-0.25, -0.2) is 4.98 Å². The standard InChI is InChI=1S/C19H11BrClN3O2/c20-15-9-13(21)8-12(17(15)25)10-23-14-5-3-11(4-6-14)19-24-18-16(26-19)2-1-7-22-18/h1-10,25H. The summed E-state index contributed by atoms with van der Waals surface area (Å²) in [5, 5.41) is 10.5. The lowest BCUT2D eigenvalue weighted by atomic mass is 10.2. The number of oxazole rings is 1. The molecule has 0 saturated heterocycles. The average Bonchev–Trinajstić information content (AvgIpc) is 3.08. The van der Waals surface area contributed by atoms with Gasteiger partial charge < -0.3 is 9.52 Å². The summed E-state index contributed by atoms with van der Waals surface area (Å²) >= 11 is 9.26. The van der Waals surface area contributed by atoms with Gasteiger partial charge in [-0.15, -0.1) is 0 Å². The van der Waals surface area contributed by atoms with Crippen molar-refractivity contribution in [2.45, 2.75) is 0 Å². The van der Waals surface area contributed by atoms with Crippen molar-refractivity contribution in [1.82, 2.24) is 9.97 Å². The molecule has 0 aliphatic rings. The molecule has 0 radical (unpaired) electrons. The summed E-state index contributed by atoms with van der Waals surface area (Å²) in [4.78, 5) is 12.9. The molecule has 2 heterocycles. The van der Waals surface area contributed by atoms with E-state index in [1.165, 1.54) is 0 Å². The van der Waals surface area contributed by atoms with Crippen LogP contribution in [0.4, 0.5) is 5.69 Å². The lowest BCUT2D eigenvalue weighted by molar-refractivity contribution is 0.471. The lowest BCUT2D eigenvalue weighted by Crippen LogP contribution is -1.84. The summed E-state index contributed by atoms with van der Waals surface area (Å²) in [6.45, 7) is 0. The van der Waals surface area contributed by atoms with E-state index in [0.29, 0.717) is 32.2 Å². The van der Waals surface area contributed by atoms with Crippen LogP contribution in [0.15, 0.2) is 68.6 Å². The first-order chi connectivity index (χ1) is 12.6. The molecule has 2 aromatic heterocycles. The van der Waals surface area contributed by atoms with E-state index in [1.807, 2.05) is 30.3 Å². The zero-order valence-electron chi connectivity index (χ0n) is 13.2. The van der Waals surface area contributed by atoms with E-state index in [-0.39, 0.29) is 5.75 Å². The molecule has 0 fully saturated rings. The summed E-state index contributed by atoms with van der Waals surface area (Å²) < 4.78 is 6.22. The van der Waals surface area contributed by atoms with Gasteiger partial charge in [-0.2, -0.15) is 4.98 Å². The maximum atomic E-state index is 10.0. The molecule has 2 aromatic carbocycles. The molecule has 0 unspecified atom stereocenters. The van der Waals surface area contributed by atoms with Crippen molar-refractivity contribution >= 4 is 50.7 Å². The van der Waals surface area contributed by atoms with Crippen LogP contribution < -0.4 is 0 Å². The first kappa shape index (κ1) is 16.8. The van der Waals surface area contributed by atoms with Gasteiger partial charge in [-0.05, 0) is 64.5 Å². The fourth-order valence-corrected chi connectivity index (χ4v) is 3.24. The number of aromatic hydroxyl groups is 1. The van der Waals surface area contributed by atoms with Crippen LogP contribution in [0.3, 0.4) is 0 Å². The summed E-state index contributed by atoms with van der Waals surface area (Å²) in [5.41, 5.74) is 3.30. The number of benzene rings is 2. The predicted molar refractivity (Wildman–Crippen MR) is 105 cm³/mol. The van der Waals surface area contributed by atoms with Crippen LogP contribution in [0.5, 0.6) is 5.75 Å². The first-order valence-corrected chi connectivity index (χ1v) is 8.81. The normalized spacial score (nSPS) is 11.5. The third-order valence-corrected chi connectivity index (χ3v) is 4.51. The van der Waals surface area contributed by atoms with E-state index in [4.69, 9.17) is 16.0 Å². The van der Waals surface area contributed by atoms with Gasteiger partial charge >= 0.3 is 0 Å². The van der Waals surface area contributed by atoms with Crippen LogP contribution in [0.2, 0.25) is 5.02 Å². The molecule has 26 heavy (non-hydrogen) atoms. The zero-order chi connectivity index (χ0) is 18.1. The van der Waals surface area contributed by atoms with Crippen molar-refractivity contribution < 1.29 is 9.52 Å². The second-order valence-corrected chi connectivity index (χ2v) is 6.77. The average molecular weight is 429 g/mol. The Morgan fingerprint density at radius 1 is 1.15 bits per heavy atom. The number of halogens is 2. The smallest absolute Gasteiger partial charge is 0.228 e. The van der Waals surface area contributed by atoms with Crippen molar-refractivity contribution in [3.05, 3.63) is 69.8 Å². The van der Waals surface area contributed by atoms with Gasteiger partial charge in [-0.1, -0.05) is 11.6 Å². The Bertz CT molecular complexity index is 1090. The van der Waals surface area contributed by atoms with Crippen LogP contribution in [0.25, 0.3) is 22.7 Å². The third kappa shape index (κ3) is 3.34. The Morgan fingerprint density at radius 2 is 1.96 bits per heavy atom. The molecule has 0 atom stereocenters. The maximum absolute atomic E-state index is 10.0. The monoisotopic (exact) mass is 427 g/mol. The molecule has 4 aromatic rings. The maximum Gasteiger partial charge on any atom is 0.228 e. The topological polar surface area (TPSA) is 71.5 Å². The molecular weight excluding hydrogens is 418 g/mol. The highest BCUT2D eigenvalue weighted by molar-refractivity contribution is 9.10. The van der Waals surface area contributed by atoms with Crippen LogP contribution >= 0.6 is 27.5 Å². The SMILES string of the molecule is Oc1c(Br)cc(Cl)cc1C=Nc1ccc(-c2nc3ncccc3o2)cc1. The number of phenols is 1. The second-order valence-electron chi connectivity index (χ2n) is 5.47. The summed E-state index contributed by atoms with van der Waals surface area (Å²) in [6, 6.07) is 14.3. The molecule has 128 valence electrons. The number of hydrogen-bond donors (Lipinski definition) is 1. The first-order valence-electron chi connectivity index (χ1n) is 7.64. The molecule has 1 N–H and O–H groups in total. The van der Waals surface area contributed by atoms with Crippen LogP contribution in [-0.4, -0.2) is 21.3 Å². The Labute approximate surface area is 162 Å². The van der Waals surface area contributed by atoms with E-state index < -0.39 is 0 Å². The lowest BCUT2D eigenvalue weighted by Gasteiger charge is -2.02. The Balaban J connectivity index is 1.60. The van der Waals surface area contributed by atoms with Crippen molar-refractivity contribution in [2.24, 2.45) is 4.99 Å². The molecule has 0 bridgehead atoms. The van der Waals surface area contributed by atoms with Gasteiger partial charge in [0.2, 0.25) is 5.89 Å². The van der Waals surface area contributed by atoms with Gasteiger partial charge in [0.05, 0.1) is 10.2 Å². The summed E-state index contributed by atoms with van der Waals surface area (Å²) in [5.74, 6) is 0.597. The van der Waals surface area contributed by atoms with Crippen molar-refractivity contribution in [1.29, 1.82) is 0 Å². The van der Waals surface area contributed by atoms with E-state index >= 15 is 0 Å². The number of fused-ring (bicyclic) bond motifs is 1.